The van der Waals surface area contributed by atoms with Gasteiger partial charge < -0.3 is 10.2 Å². The summed E-state index contributed by atoms with van der Waals surface area (Å²) in [6, 6.07) is 16.6. The molecule has 0 saturated carbocycles. The molecule has 92 valence electrons. The monoisotopic (exact) mass is 244 g/mol. The predicted octanol–water partition coefficient (Wildman–Crippen LogP) is 2.77. The standard InChI is InChI=1S/2C7H6O2/c2*8-7(9)6-4-2-1-3-5-6/h2*1-5H,(H,8,9). The largest absolute Gasteiger partial charge is 0.478 e. The van der Waals surface area contributed by atoms with E-state index in [1.165, 1.54) is 0 Å². The summed E-state index contributed by atoms with van der Waals surface area (Å²) in [5, 5.41) is 16.8. The normalized spacial score (nSPS) is 8.89. The number of carbonyl (C=O) groups is 2. The van der Waals surface area contributed by atoms with Crippen molar-refractivity contribution >= 4 is 11.9 Å². The molecule has 4 heteroatoms. The van der Waals surface area contributed by atoms with Crippen molar-refractivity contribution in [2.75, 3.05) is 0 Å². The van der Waals surface area contributed by atoms with E-state index in [1.807, 2.05) is 0 Å². The fourth-order valence-electron chi connectivity index (χ4n) is 1.16. The van der Waals surface area contributed by atoms with Crippen LogP contribution in [0.5, 0.6) is 0 Å². The second kappa shape index (κ2) is 6.85. The van der Waals surface area contributed by atoms with Crippen molar-refractivity contribution in [2.45, 2.75) is 0 Å². The topological polar surface area (TPSA) is 74.6 Å². The fourth-order valence-corrected chi connectivity index (χ4v) is 1.16. The first-order valence-corrected chi connectivity index (χ1v) is 5.18. The third-order valence-corrected chi connectivity index (χ3v) is 2.04. The van der Waals surface area contributed by atoms with Gasteiger partial charge in [-0.15, -0.1) is 0 Å². The molecule has 0 fully saturated rings. The summed E-state index contributed by atoms with van der Waals surface area (Å²) in [4.78, 5) is 20.4. The van der Waals surface area contributed by atoms with E-state index >= 15 is 0 Å². The Kier molecular flexibility index (Phi) is 5.12. The lowest BCUT2D eigenvalue weighted by Gasteiger charge is -1.88. The minimum absolute atomic E-state index is 0.331. The summed E-state index contributed by atoms with van der Waals surface area (Å²) in [5.41, 5.74) is 0.662. The summed E-state index contributed by atoms with van der Waals surface area (Å²) in [7, 11) is 0. The molecule has 2 aromatic carbocycles. The highest BCUT2D eigenvalue weighted by Crippen LogP contribution is 1.96. The molecule has 0 heterocycles. The van der Waals surface area contributed by atoms with Crippen molar-refractivity contribution in [2.24, 2.45) is 0 Å². The number of hydrogen-bond donors (Lipinski definition) is 2. The summed E-state index contributed by atoms with van der Waals surface area (Å²) < 4.78 is 0. The van der Waals surface area contributed by atoms with Gasteiger partial charge in [-0.3, -0.25) is 0 Å². The molecule has 0 atom stereocenters. The minimum Gasteiger partial charge on any atom is -0.478 e. The lowest BCUT2D eigenvalue weighted by atomic mass is 10.2. The van der Waals surface area contributed by atoms with E-state index in [2.05, 4.69) is 0 Å². The number of carboxylic acids is 2. The van der Waals surface area contributed by atoms with E-state index in [0.717, 1.165) is 0 Å². The van der Waals surface area contributed by atoms with E-state index in [-0.39, 0.29) is 0 Å². The number of benzene rings is 2. The van der Waals surface area contributed by atoms with E-state index in [0.29, 0.717) is 11.1 Å². The zero-order valence-electron chi connectivity index (χ0n) is 9.48. The van der Waals surface area contributed by atoms with Crippen LogP contribution in [0.25, 0.3) is 0 Å². The molecule has 0 bridgehead atoms. The van der Waals surface area contributed by atoms with Crippen LogP contribution in [0.4, 0.5) is 0 Å². The smallest absolute Gasteiger partial charge is 0.335 e. The highest BCUT2D eigenvalue weighted by Gasteiger charge is 1.97. The van der Waals surface area contributed by atoms with Gasteiger partial charge in [0, 0.05) is 0 Å². The highest BCUT2D eigenvalue weighted by atomic mass is 16.4. The molecule has 0 radical (unpaired) electrons. The van der Waals surface area contributed by atoms with Gasteiger partial charge in [0.1, 0.15) is 0 Å². The first kappa shape index (κ1) is 13.4. The molecule has 0 aliphatic rings. The van der Waals surface area contributed by atoms with Gasteiger partial charge in [-0.1, -0.05) is 36.4 Å². The molecule has 0 aliphatic heterocycles. The molecule has 2 aromatic rings. The fraction of sp³-hybridized carbons (Fsp3) is 0. The quantitative estimate of drug-likeness (QED) is 0.851. The van der Waals surface area contributed by atoms with Crippen molar-refractivity contribution in [3.05, 3.63) is 71.8 Å². The van der Waals surface area contributed by atoms with Crippen LogP contribution in [0.2, 0.25) is 0 Å². The lowest BCUT2D eigenvalue weighted by Crippen LogP contribution is -1.93. The average molecular weight is 244 g/mol. The van der Waals surface area contributed by atoms with Gasteiger partial charge in [0.15, 0.2) is 0 Å². The van der Waals surface area contributed by atoms with Crippen molar-refractivity contribution in [1.82, 2.24) is 0 Å². The van der Waals surface area contributed by atoms with Crippen molar-refractivity contribution in [3.63, 3.8) is 0 Å². The Labute approximate surface area is 104 Å². The Hall–Kier alpha value is -2.62. The summed E-state index contributed by atoms with van der Waals surface area (Å²) in [6.07, 6.45) is 0. The lowest BCUT2D eigenvalue weighted by molar-refractivity contribution is 0.0686. The number of rotatable bonds is 2. The van der Waals surface area contributed by atoms with Crippen LogP contribution in [0.1, 0.15) is 20.7 Å². The van der Waals surface area contributed by atoms with E-state index in [9.17, 15) is 9.59 Å². The van der Waals surface area contributed by atoms with E-state index in [1.54, 1.807) is 60.7 Å². The molecule has 0 saturated heterocycles. The molecule has 0 spiro atoms. The van der Waals surface area contributed by atoms with E-state index in [4.69, 9.17) is 10.2 Å². The number of carboxylic acid groups (broad SMARTS) is 2. The Bertz CT molecular complexity index is 456. The van der Waals surface area contributed by atoms with Gasteiger partial charge in [0.05, 0.1) is 11.1 Å². The van der Waals surface area contributed by atoms with Gasteiger partial charge in [-0.2, -0.15) is 0 Å². The van der Waals surface area contributed by atoms with Crippen LogP contribution in [0.3, 0.4) is 0 Å². The molecule has 2 N–H and O–H groups in total. The molecule has 18 heavy (non-hydrogen) atoms. The van der Waals surface area contributed by atoms with Gasteiger partial charge in [0.2, 0.25) is 0 Å². The first-order valence-electron chi connectivity index (χ1n) is 5.18. The molecular formula is C14H12O4. The first-order chi connectivity index (χ1) is 8.61. The van der Waals surface area contributed by atoms with Crippen LogP contribution in [-0.2, 0) is 0 Å². The summed E-state index contributed by atoms with van der Waals surface area (Å²) in [6.45, 7) is 0. The highest BCUT2D eigenvalue weighted by molar-refractivity contribution is 5.87. The van der Waals surface area contributed by atoms with Crippen molar-refractivity contribution in [1.29, 1.82) is 0 Å². The van der Waals surface area contributed by atoms with Gasteiger partial charge in [-0.05, 0) is 24.3 Å². The average Bonchev–Trinajstić information content (AvgIpc) is 2.41. The zero-order valence-corrected chi connectivity index (χ0v) is 9.48. The second-order valence-corrected chi connectivity index (χ2v) is 3.34. The van der Waals surface area contributed by atoms with Gasteiger partial charge in [0.25, 0.3) is 0 Å². The Morgan fingerprint density at radius 3 is 1.06 bits per heavy atom. The number of hydrogen-bond acceptors (Lipinski definition) is 2. The van der Waals surface area contributed by atoms with Crippen LogP contribution in [0, 0.1) is 0 Å². The van der Waals surface area contributed by atoms with Crippen LogP contribution < -0.4 is 0 Å². The maximum atomic E-state index is 10.2. The van der Waals surface area contributed by atoms with E-state index < -0.39 is 11.9 Å². The molecule has 0 unspecified atom stereocenters. The third kappa shape index (κ3) is 4.49. The molecule has 0 aliphatic carbocycles. The zero-order chi connectivity index (χ0) is 13.4. The molecule has 0 aromatic heterocycles. The van der Waals surface area contributed by atoms with Crippen LogP contribution >= 0.6 is 0 Å². The Morgan fingerprint density at radius 2 is 0.889 bits per heavy atom. The second-order valence-electron chi connectivity index (χ2n) is 3.34. The van der Waals surface area contributed by atoms with Crippen molar-refractivity contribution < 1.29 is 19.8 Å². The van der Waals surface area contributed by atoms with Crippen molar-refractivity contribution in [3.8, 4) is 0 Å². The summed E-state index contributed by atoms with van der Waals surface area (Å²) in [5.74, 6) is -1.76. The predicted molar refractivity (Wildman–Crippen MR) is 66.8 cm³/mol. The van der Waals surface area contributed by atoms with Crippen LogP contribution in [-0.4, -0.2) is 22.2 Å². The maximum Gasteiger partial charge on any atom is 0.335 e. The summed E-state index contributed by atoms with van der Waals surface area (Å²) >= 11 is 0. The SMILES string of the molecule is O=C(O)c1ccccc1.O=C(O)c1ccccc1. The van der Waals surface area contributed by atoms with Gasteiger partial charge in [-0.25, -0.2) is 9.59 Å². The Morgan fingerprint density at radius 1 is 0.611 bits per heavy atom. The molecular weight excluding hydrogens is 232 g/mol. The minimum atomic E-state index is -0.879. The molecule has 2 rings (SSSR count). The Balaban J connectivity index is 0.000000180. The molecule has 4 nitrogen and oxygen atoms in total. The van der Waals surface area contributed by atoms with Gasteiger partial charge >= 0.3 is 11.9 Å². The van der Waals surface area contributed by atoms with Crippen LogP contribution in [0.15, 0.2) is 60.7 Å². The maximum absolute atomic E-state index is 10.2. The molecule has 0 amide bonds. The third-order valence-electron chi connectivity index (χ3n) is 2.04. The number of aromatic carboxylic acids is 2.